The molecule has 8 nitrogen and oxygen atoms in total. The summed E-state index contributed by atoms with van der Waals surface area (Å²) in [4.78, 5) is 27.5. The van der Waals surface area contributed by atoms with Crippen molar-refractivity contribution in [3.63, 3.8) is 0 Å². The SMILES string of the molecule is C#Cc1c(F)ccc2cccc(-c3ccc4c(N5CCN(C(=O)C(=C)F)[C@@H](CC#N)C5)nc(OCC56CCCN5CCC6)nc4c3F)c12. The van der Waals surface area contributed by atoms with Crippen LogP contribution in [-0.2, 0) is 4.79 Å². The molecule has 3 aliphatic heterocycles. The Balaban J connectivity index is 1.35. The van der Waals surface area contributed by atoms with E-state index in [9.17, 15) is 18.8 Å². The maximum Gasteiger partial charge on any atom is 0.319 e. The molecule has 3 fully saturated rings. The topological polar surface area (TPSA) is 85.6 Å². The van der Waals surface area contributed by atoms with E-state index in [0.717, 1.165) is 38.8 Å². The molecule has 4 heterocycles. The largest absolute Gasteiger partial charge is 0.461 e. The van der Waals surface area contributed by atoms with E-state index >= 15 is 4.39 Å². The van der Waals surface area contributed by atoms with Crippen LogP contribution < -0.4 is 9.64 Å². The highest BCUT2D eigenvalue weighted by molar-refractivity contribution is 6.03. The number of ether oxygens (including phenoxy) is 1. The average Bonchev–Trinajstić information content (AvgIpc) is 3.68. The van der Waals surface area contributed by atoms with Crippen molar-refractivity contribution < 1.29 is 22.7 Å². The monoisotopic (exact) mass is 650 g/mol. The number of rotatable bonds is 7. The van der Waals surface area contributed by atoms with Crippen molar-refractivity contribution in [1.82, 2.24) is 19.8 Å². The number of carbonyl (C=O) groups excluding carboxylic acids is 1. The number of hydrogen-bond donors (Lipinski definition) is 0. The van der Waals surface area contributed by atoms with E-state index in [-0.39, 0.29) is 54.2 Å². The van der Waals surface area contributed by atoms with Gasteiger partial charge in [0.1, 0.15) is 23.8 Å². The molecule has 244 valence electrons. The predicted octanol–water partition coefficient (Wildman–Crippen LogP) is 6.13. The maximum atomic E-state index is 16.9. The molecule has 1 aromatic heterocycles. The maximum absolute atomic E-state index is 16.9. The standard InChI is InChI=1S/C37H33F3N6O2/c1-3-26-30(39)12-9-24-7-4-8-27(31(24)26)28-10-11-29-33(32(28)40)42-36(48-22-37-14-5-17-45(37)18-6-15-37)43-34(29)44-19-20-46(35(47)23(2)38)25(21-44)13-16-41/h1,4,7-12,25H,2,5-6,13-15,17-22H2/t25-/m0/s1. The predicted molar refractivity (Wildman–Crippen MR) is 177 cm³/mol. The van der Waals surface area contributed by atoms with Gasteiger partial charge in [-0.15, -0.1) is 6.42 Å². The van der Waals surface area contributed by atoms with Gasteiger partial charge in [0.25, 0.3) is 5.91 Å². The Morgan fingerprint density at radius 2 is 1.85 bits per heavy atom. The second-order valence-electron chi connectivity index (χ2n) is 12.7. The van der Waals surface area contributed by atoms with E-state index in [1.807, 2.05) is 4.90 Å². The summed E-state index contributed by atoms with van der Waals surface area (Å²) in [5.41, 5.74) is 0.528. The van der Waals surface area contributed by atoms with Crippen LogP contribution in [-0.4, -0.2) is 76.6 Å². The van der Waals surface area contributed by atoms with Crippen LogP contribution >= 0.6 is 0 Å². The first kappa shape index (κ1) is 31.5. The molecular weight excluding hydrogens is 617 g/mol. The van der Waals surface area contributed by atoms with E-state index in [1.165, 1.54) is 11.0 Å². The van der Waals surface area contributed by atoms with Crippen molar-refractivity contribution >= 4 is 33.4 Å². The third kappa shape index (κ3) is 5.29. The summed E-state index contributed by atoms with van der Waals surface area (Å²) in [7, 11) is 0. The quantitative estimate of drug-likeness (QED) is 0.176. The molecule has 4 aromatic rings. The minimum Gasteiger partial charge on any atom is -0.461 e. The molecule has 3 aliphatic rings. The summed E-state index contributed by atoms with van der Waals surface area (Å²) in [5, 5.41) is 11.0. The third-order valence-electron chi connectivity index (χ3n) is 10.1. The van der Waals surface area contributed by atoms with Crippen LogP contribution in [0.5, 0.6) is 6.01 Å². The number of fused-ring (bicyclic) bond motifs is 3. The number of nitrogens with zero attached hydrogens (tertiary/aromatic N) is 6. The number of amides is 1. The van der Waals surface area contributed by atoms with Crippen molar-refractivity contribution in [2.75, 3.05) is 44.2 Å². The van der Waals surface area contributed by atoms with Gasteiger partial charge in [-0.05, 0) is 61.9 Å². The van der Waals surface area contributed by atoms with Crippen LogP contribution in [0.3, 0.4) is 0 Å². The van der Waals surface area contributed by atoms with Gasteiger partial charge < -0.3 is 14.5 Å². The third-order valence-corrected chi connectivity index (χ3v) is 10.1. The smallest absolute Gasteiger partial charge is 0.319 e. The fourth-order valence-corrected chi connectivity index (χ4v) is 7.77. The normalized spacial score (nSPS) is 18.9. The van der Waals surface area contributed by atoms with Crippen molar-refractivity contribution in [2.24, 2.45) is 0 Å². The van der Waals surface area contributed by atoms with Crippen LogP contribution in [0.4, 0.5) is 19.0 Å². The summed E-state index contributed by atoms with van der Waals surface area (Å²) in [6.07, 6.45) is 9.80. The van der Waals surface area contributed by atoms with Gasteiger partial charge in [0, 0.05) is 36.0 Å². The van der Waals surface area contributed by atoms with E-state index in [4.69, 9.17) is 16.1 Å². The summed E-state index contributed by atoms with van der Waals surface area (Å²) >= 11 is 0. The van der Waals surface area contributed by atoms with Crippen LogP contribution in [0.15, 0.2) is 54.9 Å². The number of nitriles is 1. The highest BCUT2D eigenvalue weighted by Gasteiger charge is 2.45. The molecule has 0 spiro atoms. The fourth-order valence-electron chi connectivity index (χ4n) is 7.77. The van der Waals surface area contributed by atoms with Gasteiger partial charge in [-0.3, -0.25) is 9.69 Å². The molecule has 0 N–H and O–H groups in total. The number of piperazine rings is 1. The van der Waals surface area contributed by atoms with Gasteiger partial charge in [-0.2, -0.15) is 15.2 Å². The van der Waals surface area contributed by atoms with Gasteiger partial charge in [-0.25, -0.2) is 13.2 Å². The first-order valence-electron chi connectivity index (χ1n) is 16.1. The Morgan fingerprint density at radius 1 is 1.06 bits per heavy atom. The van der Waals surface area contributed by atoms with Gasteiger partial charge in [0.15, 0.2) is 11.6 Å². The lowest BCUT2D eigenvalue weighted by atomic mass is 9.93. The van der Waals surface area contributed by atoms with E-state index in [1.54, 1.807) is 36.4 Å². The van der Waals surface area contributed by atoms with E-state index < -0.39 is 29.4 Å². The van der Waals surface area contributed by atoms with Crippen LogP contribution in [0, 0.1) is 35.3 Å². The minimum atomic E-state index is -1.10. The van der Waals surface area contributed by atoms with Crippen LogP contribution in [0.25, 0.3) is 32.8 Å². The Kier molecular flexibility index (Phi) is 8.18. The molecule has 0 bridgehead atoms. The number of aromatic nitrogens is 2. The van der Waals surface area contributed by atoms with Gasteiger partial charge in [0.05, 0.1) is 29.6 Å². The second-order valence-corrected chi connectivity index (χ2v) is 12.7. The molecule has 0 radical (unpaired) electrons. The molecule has 0 aliphatic carbocycles. The van der Waals surface area contributed by atoms with Gasteiger partial charge >= 0.3 is 6.01 Å². The zero-order valence-corrected chi connectivity index (χ0v) is 26.3. The number of hydrogen-bond acceptors (Lipinski definition) is 7. The molecule has 3 saturated heterocycles. The lowest BCUT2D eigenvalue weighted by molar-refractivity contribution is -0.131. The summed E-state index contributed by atoms with van der Waals surface area (Å²) < 4.78 is 51.9. The van der Waals surface area contributed by atoms with Gasteiger partial charge in [0.2, 0.25) is 0 Å². The van der Waals surface area contributed by atoms with Crippen molar-refractivity contribution in [2.45, 2.75) is 43.7 Å². The van der Waals surface area contributed by atoms with E-state index in [0.29, 0.717) is 34.1 Å². The Morgan fingerprint density at radius 3 is 2.58 bits per heavy atom. The molecule has 3 aromatic carbocycles. The molecule has 0 unspecified atom stereocenters. The van der Waals surface area contributed by atoms with Crippen LogP contribution in [0.1, 0.15) is 37.7 Å². The van der Waals surface area contributed by atoms with Crippen LogP contribution in [0.2, 0.25) is 0 Å². The molecule has 0 saturated carbocycles. The fraction of sp³-hybridized carbons (Fsp3) is 0.351. The van der Waals surface area contributed by atoms with Crippen molar-refractivity contribution in [3.05, 3.63) is 72.1 Å². The minimum absolute atomic E-state index is 0.00225. The molecule has 11 heteroatoms. The lowest BCUT2D eigenvalue weighted by Crippen LogP contribution is -2.55. The average molecular weight is 651 g/mol. The first-order valence-corrected chi connectivity index (χ1v) is 16.1. The number of halogens is 3. The molecule has 48 heavy (non-hydrogen) atoms. The molecule has 1 amide bonds. The van der Waals surface area contributed by atoms with E-state index in [2.05, 4.69) is 28.5 Å². The second kappa shape index (κ2) is 12.5. The Bertz CT molecular complexity index is 2040. The number of anilines is 1. The zero-order chi connectivity index (χ0) is 33.6. The highest BCUT2D eigenvalue weighted by atomic mass is 19.1. The Labute approximate surface area is 276 Å². The summed E-state index contributed by atoms with van der Waals surface area (Å²) in [6, 6.07) is 12.9. The van der Waals surface area contributed by atoms with Gasteiger partial charge in [-0.1, -0.05) is 42.8 Å². The number of terminal acetylenes is 1. The first-order chi connectivity index (χ1) is 23.2. The lowest BCUT2D eigenvalue weighted by Gasteiger charge is -2.41. The number of benzene rings is 3. The highest BCUT2D eigenvalue weighted by Crippen LogP contribution is 2.41. The molecule has 7 rings (SSSR count). The number of carbonyl (C=O) groups is 1. The van der Waals surface area contributed by atoms with Crippen molar-refractivity contribution in [1.29, 1.82) is 5.26 Å². The molecule has 1 atom stereocenters. The molecular formula is C37H33F3N6O2. The summed E-state index contributed by atoms with van der Waals surface area (Å²) in [6.45, 7) is 5.99. The summed E-state index contributed by atoms with van der Waals surface area (Å²) in [5.74, 6) is -0.397. The Hall–Kier alpha value is -5.13. The van der Waals surface area contributed by atoms with Crippen molar-refractivity contribution in [3.8, 4) is 35.6 Å². The zero-order valence-electron chi connectivity index (χ0n) is 26.3.